The molecule has 1 aromatic carbocycles. The van der Waals surface area contributed by atoms with Crippen molar-refractivity contribution in [3.8, 4) is 5.75 Å². The Bertz CT molecular complexity index is 787. The molecular formula is C19H24N4O3. The lowest BCUT2D eigenvalue weighted by atomic mass is 10.1. The predicted molar refractivity (Wildman–Crippen MR) is 98.4 cm³/mol. The van der Waals surface area contributed by atoms with Gasteiger partial charge in [-0.1, -0.05) is 31.9 Å². The number of hydrogen-bond donors (Lipinski definition) is 2. The van der Waals surface area contributed by atoms with Crippen LogP contribution in [0, 0.1) is 0 Å². The van der Waals surface area contributed by atoms with Gasteiger partial charge in [0, 0.05) is 12.7 Å². The summed E-state index contributed by atoms with van der Waals surface area (Å²) < 4.78 is 5.70. The van der Waals surface area contributed by atoms with Crippen LogP contribution in [0.15, 0.2) is 30.3 Å². The molecule has 0 radical (unpaired) electrons. The van der Waals surface area contributed by atoms with Gasteiger partial charge in [0.25, 0.3) is 11.8 Å². The van der Waals surface area contributed by atoms with Gasteiger partial charge in [0.1, 0.15) is 24.1 Å². The summed E-state index contributed by atoms with van der Waals surface area (Å²) in [7, 11) is 1.68. The van der Waals surface area contributed by atoms with Gasteiger partial charge in [0.2, 0.25) is 0 Å². The predicted octanol–water partition coefficient (Wildman–Crippen LogP) is 2.30. The third kappa shape index (κ3) is 3.87. The third-order valence-electron chi connectivity index (χ3n) is 4.48. The highest BCUT2D eigenvalue weighted by Gasteiger charge is 2.31. The van der Waals surface area contributed by atoms with Gasteiger partial charge >= 0.3 is 0 Å². The number of anilines is 1. The minimum atomic E-state index is -0.764. The smallest absolute Gasteiger partial charge is 0.272 e. The Hall–Kier alpha value is -2.83. The number of amides is 2. The van der Waals surface area contributed by atoms with E-state index in [1.54, 1.807) is 19.2 Å². The molecule has 7 nitrogen and oxygen atoms in total. The number of carbonyl (C=O) groups is 2. The summed E-state index contributed by atoms with van der Waals surface area (Å²) in [6.45, 7) is 2.23. The van der Waals surface area contributed by atoms with Crippen LogP contribution < -0.4 is 15.0 Å². The quantitative estimate of drug-likeness (QED) is 0.778. The van der Waals surface area contributed by atoms with Crippen molar-refractivity contribution in [2.45, 2.75) is 38.6 Å². The van der Waals surface area contributed by atoms with Crippen molar-refractivity contribution >= 4 is 17.5 Å². The molecule has 2 heterocycles. The summed E-state index contributed by atoms with van der Waals surface area (Å²) in [5.41, 5.74) is 1.90. The van der Waals surface area contributed by atoms with E-state index in [1.807, 2.05) is 18.2 Å². The molecule has 0 saturated heterocycles. The van der Waals surface area contributed by atoms with Crippen LogP contribution in [-0.2, 0) is 11.2 Å². The molecule has 1 aromatic heterocycles. The maximum Gasteiger partial charge on any atom is 0.272 e. The van der Waals surface area contributed by atoms with Crippen molar-refractivity contribution in [3.05, 3.63) is 41.7 Å². The lowest BCUT2D eigenvalue weighted by Gasteiger charge is -2.19. The van der Waals surface area contributed by atoms with E-state index in [0.717, 1.165) is 31.4 Å². The molecule has 0 unspecified atom stereocenters. The molecule has 2 aromatic rings. The zero-order valence-electron chi connectivity index (χ0n) is 15.1. The number of aryl methyl sites for hydroxylation is 1. The summed E-state index contributed by atoms with van der Waals surface area (Å²) in [6, 6.07) is 8.29. The van der Waals surface area contributed by atoms with Gasteiger partial charge in [-0.3, -0.25) is 14.7 Å². The number of aromatic nitrogens is 2. The highest BCUT2D eigenvalue weighted by atomic mass is 16.5. The lowest BCUT2D eigenvalue weighted by molar-refractivity contribution is -0.120. The van der Waals surface area contributed by atoms with E-state index >= 15 is 0 Å². The average molecular weight is 356 g/mol. The number of carbonyl (C=O) groups excluding carboxylic acids is 2. The molecule has 2 amide bonds. The van der Waals surface area contributed by atoms with E-state index in [4.69, 9.17) is 4.74 Å². The maximum atomic E-state index is 12.7. The molecule has 2 N–H and O–H groups in total. The van der Waals surface area contributed by atoms with Gasteiger partial charge in [-0.05, 0) is 31.0 Å². The number of benzene rings is 1. The number of nitrogens with one attached hydrogen (secondary N) is 2. The Balaban J connectivity index is 1.65. The van der Waals surface area contributed by atoms with Crippen LogP contribution in [0.1, 0.15) is 42.4 Å². The van der Waals surface area contributed by atoms with Crippen molar-refractivity contribution in [2.75, 3.05) is 18.6 Å². The van der Waals surface area contributed by atoms with Crippen LogP contribution in [0.5, 0.6) is 5.75 Å². The Labute approximate surface area is 152 Å². The monoisotopic (exact) mass is 356 g/mol. The van der Waals surface area contributed by atoms with Crippen LogP contribution in [0.4, 0.5) is 5.69 Å². The standard InChI is InChI=1S/C19H24N4O3/c1-3-4-5-8-13-11-14(22-21-13)18(24)20-15-12-26-17-10-7-6-9-16(17)23(2)19(15)25/h6-7,9-11,15H,3-5,8,12H2,1-2H3,(H,20,24)(H,21,22)/t15-/m0/s1. The molecule has 0 spiro atoms. The van der Waals surface area contributed by atoms with Gasteiger partial charge in [0.05, 0.1) is 5.69 Å². The van der Waals surface area contributed by atoms with Crippen molar-refractivity contribution in [2.24, 2.45) is 0 Å². The molecular weight excluding hydrogens is 332 g/mol. The highest BCUT2D eigenvalue weighted by molar-refractivity contribution is 6.02. The second-order valence-electron chi connectivity index (χ2n) is 6.44. The number of H-pyrrole nitrogens is 1. The van der Waals surface area contributed by atoms with Crippen LogP contribution in [-0.4, -0.2) is 41.7 Å². The SMILES string of the molecule is CCCCCc1cc(C(=O)N[C@H]2COc3ccccc3N(C)C2=O)n[nH]1. The Morgan fingerprint density at radius 1 is 1.38 bits per heavy atom. The Kier molecular flexibility index (Phi) is 5.55. The van der Waals surface area contributed by atoms with Crippen molar-refractivity contribution < 1.29 is 14.3 Å². The summed E-state index contributed by atoms with van der Waals surface area (Å²) in [5, 5.41) is 9.69. The molecule has 138 valence electrons. The fourth-order valence-corrected chi connectivity index (χ4v) is 2.96. The highest BCUT2D eigenvalue weighted by Crippen LogP contribution is 2.29. The molecule has 1 atom stereocenters. The first-order chi connectivity index (χ1) is 12.6. The van der Waals surface area contributed by atoms with Crippen LogP contribution in [0.2, 0.25) is 0 Å². The number of fused-ring (bicyclic) bond motifs is 1. The van der Waals surface area contributed by atoms with Gasteiger partial charge in [0.15, 0.2) is 0 Å². The molecule has 1 aliphatic rings. The molecule has 0 fully saturated rings. The number of likely N-dealkylation sites (N-methyl/N-ethyl adjacent to an activating group) is 1. The number of nitrogens with zero attached hydrogens (tertiary/aromatic N) is 2. The number of ether oxygens (including phenoxy) is 1. The number of para-hydroxylation sites is 2. The van der Waals surface area contributed by atoms with E-state index in [9.17, 15) is 9.59 Å². The molecule has 1 aliphatic heterocycles. The zero-order valence-corrected chi connectivity index (χ0v) is 15.1. The first-order valence-electron chi connectivity index (χ1n) is 8.94. The topological polar surface area (TPSA) is 87.3 Å². The number of rotatable bonds is 6. The van der Waals surface area contributed by atoms with Gasteiger partial charge in [-0.25, -0.2) is 0 Å². The minimum Gasteiger partial charge on any atom is -0.489 e. The lowest BCUT2D eigenvalue weighted by Crippen LogP contribution is -2.49. The Morgan fingerprint density at radius 2 is 2.19 bits per heavy atom. The Morgan fingerprint density at radius 3 is 3.00 bits per heavy atom. The number of unbranched alkanes of at least 4 members (excludes halogenated alkanes) is 2. The zero-order chi connectivity index (χ0) is 18.5. The van der Waals surface area contributed by atoms with Crippen molar-refractivity contribution in [1.29, 1.82) is 0 Å². The first kappa shape index (κ1) is 18.0. The summed E-state index contributed by atoms with van der Waals surface area (Å²) in [4.78, 5) is 26.6. The molecule has 0 aliphatic carbocycles. The molecule has 0 saturated carbocycles. The fraction of sp³-hybridized carbons (Fsp3) is 0.421. The van der Waals surface area contributed by atoms with Crippen LogP contribution >= 0.6 is 0 Å². The molecule has 26 heavy (non-hydrogen) atoms. The number of aromatic amines is 1. The maximum absolute atomic E-state index is 12.7. The van der Waals surface area contributed by atoms with Crippen molar-refractivity contribution in [3.63, 3.8) is 0 Å². The fourth-order valence-electron chi connectivity index (χ4n) is 2.96. The van der Waals surface area contributed by atoms with E-state index in [-0.39, 0.29) is 24.1 Å². The molecule has 7 heteroatoms. The van der Waals surface area contributed by atoms with E-state index in [1.165, 1.54) is 4.90 Å². The van der Waals surface area contributed by atoms with Gasteiger partial charge < -0.3 is 15.0 Å². The minimum absolute atomic E-state index is 0.0830. The summed E-state index contributed by atoms with van der Waals surface area (Å²) in [5.74, 6) is 0.0179. The van der Waals surface area contributed by atoms with E-state index in [2.05, 4.69) is 22.4 Å². The molecule has 3 rings (SSSR count). The second-order valence-corrected chi connectivity index (χ2v) is 6.44. The van der Waals surface area contributed by atoms with Gasteiger partial charge in [-0.2, -0.15) is 5.10 Å². The largest absolute Gasteiger partial charge is 0.489 e. The average Bonchev–Trinajstić information content (AvgIpc) is 3.09. The van der Waals surface area contributed by atoms with Crippen LogP contribution in [0.3, 0.4) is 0 Å². The van der Waals surface area contributed by atoms with Gasteiger partial charge in [-0.15, -0.1) is 0 Å². The van der Waals surface area contributed by atoms with E-state index in [0.29, 0.717) is 11.4 Å². The molecule has 0 bridgehead atoms. The first-order valence-corrected chi connectivity index (χ1v) is 8.94. The third-order valence-corrected chi connectivity index (χ3v) is 4.48. The summed E-state index contributed by atoms with van der Waals surface area (Å²) >= 11 is 0. The normalized spacial score (nSPS) is 16.6. The second kappa shape index (κ2) is 8.03. The number of hydrogen-bond acceptors (Lipinski definition) is 4. The summed E-state index contributed by atoms with van der Waals surface area (Å²) in [6.07, 6.45) is 4.19. The van der Waals surface area contributed by atoms with Crippen molar-refractivity contribution in [1.82, 2.24) is 15.5 Å². The van der Waals surface area contributed by atoms with E-state index < -0.39 is 6.04 Å². The van der Waals surface area contributed by atoms with Crippen LogP contribution in [0.25, 0.3) is 0 Å².